The van der Waals surface area contributed by atoms with Gasteiger partial charge in [0.2, 0.25) is 5.91 Å². The average molecular weight is 287 g/mol. The molecule has 21 heavy (non-hydrogen) atoms. The van der Waals surface area contributed by atoms with Gasteiger partial charge in [0.15, 0.2) is 0 Å². The summed E-state index contributed by atoms with van der Waals surface area (Å²) in [5.41, 5.74) is 2.72. The lowest BCUT2D eigenvalue weighted by Gasteiger charge is -2.35. The Kier molecular flexibility index (Phi) is 3.95. The van der Waals surface area contributed by atoms with Crippen LogP contribution in [0.1, 0.15) is 42.7 Å². The minimum Gasteiger partial charge on any atom is -0.481 e. The van der Waals surface area contributed by atoms with E-state index in [1.165, 1.54) is 11.1 Å². The Morgan fingerprint density at radius 2 is 2.05 bits per heavy atom. The van der Waals surface area contributed by atoms with Gasteiger partial charge in [0, 0.05) is 25.4 Å². The standard InChI is InChI=1S/C17H21NO3/c19-16-9-8-14(17(20)21)11-18(16)10-13-6-3-5-12-4-1-2-7-15(12)13/h1-2,4,7,13-14H,3,5-6,8-11H2,(H,20,21). The molecule has 1 heterocycles. The maximum absolute atomic E-state index is 12.1. The van der Waals surface area contributed by atoms with Gasteiger partial charge in [0.1, 0.15) is 0 Å². The first kappa shape index (κ1) is 14.1. The van der Waals surface area contributed by atoms with Crippen molar-refractivity contribution in [1.29, 1.82) is 0 Å². The van der Waals surface area contributed by atoms with Gasteiger partial charge in [-0.15, -0.1) is 0 Å². The molecule has 1 fully saturated rings. The van der Waals surface area contributed by atoms with E-state index in [9.17, 15) is 9.59 Å². The molecule has 1 saturated heterocycles. The van der Waals surface area contributed by atoms with E-state index in [-0.39, 0.29) is 5.91 Å². The molecule has 0 saturated carbocycles. The van der Waals surface area contributed by atoms with Crippen LogP contribution in [0.15, 0.2) is 24.3 Å². The third-order valence-corrected chi connectivity index (χ3v) is 4.78. The number of piperidine rings is 1. The highest BCUT2D eigenvalue weighted by molar-refractivity contribution is 5.80. The largest absolute Gasteiger partial charge is 0.481 e. The summed E-state index contributed by atoms with van der Waals surface area (Å²) >= 11 is 0. The van der Waals surface area contributed by atoms with Crippen LogP contribution in [0, 0.1) is 5.92 Å². The van der Waals surface area contributed by atoms with E-state index < -0.39 is 11.9 Å². The van der Waals surface area contributed by atoms with Crippen molar-refractivity contribution in [2.45, 2.75) is 38.0 Å². The van der Waals surface area contributed by atoms with Crippen LogP contribution in [-0.4, -0.2) is 35.0 Å². The molecule has 1 amide bonds. The fourth-order valence-electron chi connectivity index (χ4n) is 3.60. The molecule has 0 spiro atoms. The van der Waals surface area contributed by atoms with Gasteiger partial charge in [0.25, 0.3) is 0 Å². The topological polar surface area (TPSA) is 57.6 Å². The molecule has 4 nitrogen and oxygen atoms in total. The van der Waals surface area contributed by atoms with Crippen LogP contribution in [-0.2, 0) is 16.0 Å². The van der Waals surface area contributed by atoms with Gasteiger partial charge in [0.05, 0.1) is 5.92 Å². The van der Waals surface area contributed by atoms with E-state index >= 15 is 0 Å². The second kappa shape index (κ2) is 5.88. The molecule has 0 bridgehead atoms. The molecular weight excluding hydrogens is 266 g/mol. The Labute approximate surface area is 124 Å². The van der Waals surface area contributed by atoms with Crippen LogP contribution in [0.25, 0.3) is 0 Å². The lowest BCUT2D eigenvalue weighted by atomic mass is 9.82. The summed E-state index contributed by atoms with van der Waals surface area (Å²) in [6.45, 7) is 1.03. The molecule has 1 aliphatic heterocycles. The molecule has 1 N–H and O–H groups in total. The SMILES string of the molecule is O=C(O)C1CCC(=O)N(CC2CCCc3ccccc32)C1. The van der Waals surface area contributed by atoms with Gasteiger partial charge in [-0.3, -0.25) is 9.59 Å². The highest BCUT2D eigenvalue weighted by atomic mass is 16.4. The van der Waals surface area contributed by atoms with Crippen molar-refractivity contribution >= 4 is 11.9 Å². The Balaban J connectivity index is 1.74. The van der Waals surface area contributed by atoms with Crippen LogP contribution in [0.2, 0.25) is 0 Å². The van der Waals surface area contributed by atoms with Crippen molar-refractivity contribution in [2.24, 2.45) is 5.92 Å². The van der Waals surface area contributed by atoms with Crippen LogP contribution >= 0.6 is 0 Å². The predicted molar refractivity (Wildman–Crippen MR) is 79.1 cm³/mol. The number of hydrogen-bond donors (Lipinski definition) is 1. The van der Waals surface area contributed by atoms with E-state index in [1.807, 2.05) is 0 Å². The zero-order valence-electron chi connectivity index (χ0n) is 12.1. The first-order chi connectivity index (χ1) is 10.1. The van der Waals surface area contributed by atoms with E-state index in [4.69, 9.17) is 5.11 Å². The Morgan fingerprint density at radius 1 is 1.24 bits per heavy atom. The Morgan fingerprint density at radius 3 is 2.86 bits per heavy atom. The van der Waals surface area contributed by atoms with Crippen molar-refractivity contribution in [3.8, 4) is 0 Å². The third kappa shape index (κ3) is 2.94. The fraction of sp³-hybridized carbons (Fsp3) is 0.529. The minimum atomic E-state index is -0.781. The quantitative estimate of drug-likeness (QED) is 0.929. The van der Waals surface area contributed by atoms with Gasteiger partial charge in [-0.05, 0) is 36.8 Å². The molecule has 1 aliphatic carbocycles. The number of carbonyl (C=O) groups is 2. The normalized spacial score (nSPS) is 25.5. The van der Waals surface area contributed by atoms with Gasteiger partial charge >= 0.3 is 5.97 Å². The average Bonchev–Trinajstić information content (AvgIpc) is 2.49. The zero-order valence-corrected chi connectivity index (χ0v) is 12.1. The maximum Gasteiger partial charge on any atom is 0.308 e. The first-order valence-corrected chi connectivity index (χ1v) is 7.73. The van der Waals surface area contributed by atoms with Crippen molar-refractivity contribution in [2.75, 3.05) is 13.1 Å². The molecule has 2 unspecified atom stereocenters. The van der Waals surface area contributed by atoms with Crippen molar-refractivity contribution in [3.63, 3.8) is 0 Å². The van der Waals surface area contributed by atoms with E-state index in [1.54, 1.807) is 4.90 Å². The van der Waals surface area contributed by atoms with Crippen LogP contribution in [0.3, 0.4) is 0 Å². The summed E-state index contributed by atoms with van der Waals surface area (Å²) in [5.74, 6) is -0.722. The van der Waals surface area contributed by atoms with E-state index in [0.29, 0.717) is 31.8 Å². The number of aryl methyl sites for hydroxylation is 1. The summed E-state index contributed by atoms with van der Waals surface area (Å²) in [6.07, 6.45) is 4.18. The molecule has 3 rings (SSSR count). The lowest BCUT2D eigenvalue weighted by molar-refractivity contribution is -0.147. The number of benzene rings is 1. The first-order valence-electron chi connectivity index (χ1n) is 7.73. The molecule has 2 atom stereocenters. The molecule has 0 radical (unpaired) electrons. The summed E-state index contributed by atoms with van der Waals surface area (Å²) in [6, 6.07) is 8.44. The summed E-state index contributed by atoms with van der Waals surface area (Å²) in [5, 5.41) is 9.17. The molecule has 112 valence electrons. The van der Waals surface area contributed by atoms with Crippen molar-refractivity contribution in [3.05, 3.63) is 35.4 Å². The maximum atomic E-state index is 12.1. The second-order valence-electron chi connectivity index (χ2n) is 6.16. The molecule has 1 aromatic rings. The van der Waals surface area contributed by atoms with Crippen molar-refractivity contribution in [1.82, 2.24) is 4.90 Å². The smallest absolute Gasteiger partial charge is 0.308 e. The zero-order chi connectivity index (χ0) is 14.8. The van der Waals surface area contributed by atoms with Gasteiger partial charge in [-0.25, -0.2) is 0 Å². The summed E-state index contributed by atoms with van der Waals surface area (Å²) < 4.78 is 0. The molecule has 0 aromatic heterocycles. The summed E-state index contributed by atoms with van der Waals surface area (Å²) in [7, 11) is 0. The number of carbonyl (C=O) groups excluding carboxylic acids is 1. The number of aliphatic carboxylic acids is 1. The molecule has 2 aliphatic rings. The van der Waals surface area contributed by atoms with Gasteiger partial charge in [-0.2, -0.15) is 0 Å². The predicted octanol–water partition coefficient (Wildman–Crippen LogP) is 2.43. The van der Waals surface area contributed by atoms with Crippen LogP contribution < -0.4 is 0 Å². The van der Waals surface area contributed by atoms with E-state index in [2.05, 4.69) is 24.3 Å². The van der Waals surface area contributed by atoms with E-state index in [0.717, 1.165) is 19.3 Å². The third-order valence-electron chi connectivity index (χ3n) is 4.78. The number of amides is 1. The van der Waals surface area contributed by atoms with Crippen LogP contribution in [0.4, 0.5) is 0 Å². The summed E-state index contributed by atoms with van der Waals surface area (Å²) in [4.78, 5) is 25.0. The molecule has 1 aromatic carbocycles. The van der Waals surface area contributed by atoms with Crippen LogP contribution in [0.5, 0.6) is 0 Å². The van der Waals surface area contributed by atoms with Gasteiger partial charge < -0.3 is 10.0 Å². The second-order valence-corrected chi connectivity index (χ2v) is 6.16. The number of fused-ring (bicyclic) bond motifs is 1. The highest BCUT2D eigenvalue weighted by Crippen LogP contribution is 2.33. The Bertz CT molecular complexity index is 555. The van der Waals surface area contributed by atoms with Crippen molar-refractivity contribution < 1.29 is 14.7 Å². The highest BCUT2D eigenvalue weighted by Gasteiger charge is 2.32. The number of likely N-dealkylation sites (tertiary alicyclic amines) is 1. The van der Waals surface area contributed by atoms with Gasteiger partial charge in [-0.1, -0.05) is 24.3 Å². The monoisotopic (exact) mass is 287 g/mol. The number of hydrogen-bond acceptors (Lipinski definition) is 2. The fourth-order valence-corrected chi connectivity index (χ4v) is 3.60. The number of rotatable bonds is 3. The number of carboxylic acids is 1. The Hall–Kier alpha value is -1.84. The number of carboxylic acid groups (broad SMARTS) is 1. The molecule has 4 heteroatoms. The molecular formula is C17H21NO3. The lowest BCUT2D eigenvalue weighted by Crippen LogP contribution is -2.44. The number of nitrogens with zero attached hydrogens (tertiary/aromatic N) is 1. The minimum absolute atomic E-state index is 0.107.